The minimum Gasteiger partial charge on any atom is -0.389 e. The van der Waals surface area contributed by atoms with Crippen molar-refractivity contribution in [1.82, 2.24) is 10.6 Å². The van der Waals surface area contributed by atoms with E-state index in [1.165, 1.54) is 12.8 Å². The molecule has 0 aromatic heterocycles. The maximum atomic E-state index is 10.00. The number of hydrogen-bond donors (Lipinski definition) is 3. The van der Waals surface area contributed by atoms with E-state index in [0.717, 1.165) is 18.7 Å². The van der Waals surface area contributed by atoms with Gasteiger partial charge in [0, 0.05) is 13.2 Å². The fourth-order valence-corrected chi connectivity index (χ4v) is 2.60. The molecule has 1 aromatic rings. The van der Waals surface area contributed by atoms with Crippen molar-refractivity contribution in [3.63, 3.8) is 0 Å². The Labute approximate surface area is 159 Å². The van der Waals surface area contributed by atoms with Gasteiger partial charge in [-0.25, -0.2) is 0 Å². The van der Waals surface area contributed by atoms with Crippen LogP contribution in [0, 0.1) is 5.92 Å². The van der Waals surface area contributed by atoms with Gasteiger partial charge >= 0.3 is 0 Å². The van der Waals surface area contributed by atoms with E-state index in [1.54, 1.807) is 6.07 Å². The molecule has 140 valence electrons. The van der Waals surface area contributed by atoms with Crippen LogP contribution in [-0.4, -0.2) is 43.5 Å². The highest BCUT2D eigenvalue weighted by Gasteiger charge is 2.21. The maximum Gasteiger partial charge on any atom is 0.191 e. The van der Waals surface area contributed by atoms with Crippen LogP contribution in [0.1, 0.15) is 38.3 Å². The smallest absolute Gasteiger partial charge is 0.191 e. The monoisotopic (exact) mass is 387 g/mol. The first kappa shape index (κ1) is 20.3. The van der Waals surface area contributed by atoms with Crippen molar-refractivity contribution < 1.29 is 9.84 Å². The Kier molecular flexibility index (Phi) is 8.30. The lowest BCUT2D eigenvalue weighted by atomic mass is 10.1. The van der Waals surface area contributed by atoms with Crippen LogP contribution in [0.15, 0.2) is 23.2 Å². The second-order valence-electron chi connectivity index (χ2n) is 6.39. The number of hydrogen-bond acceptors (Lipinski definition) is 3. The summed E-state index contributed by atoms with van der Waals surface area (Å²) in [7, 11) is 0. The predicted octanol–water partition coefficient (Wildman–Crippen LogP) is 3.40. The number of nitrogens with zero attached hydrogens (tertiary/aromatic N) is 1. The number of rotatable bonds is 9. The van der Waals surface area contributed by atoms with E-state index >= 15 is 0 Å². The molecule has 0 heterocycles. The van der Waals surface area contributed by atoms with Crippen LogP contribution in [0.2, 0.25) is 10.0 Å². The van der Waals surface area contributed by atoms with Crippen molar-refractivity contribution in [2.24, 2.45) is 10.9 Å². The number of ether oxygens (including phenoxy) is 1. The molecule has 1 saturated carbocycles. The Hall–Kier alpha value is -1.01. The van der Waals surface area contributed by atoms with Crippen molar-refractivity contribution in [2.75, 3.05) is 26.3 Å². The van der Waals surface area contributed by atoms with Crippen LogP contribution in [0.4, 0.5) is 0 Å². The van der Waals surface area contributed by atoms with E-state index in [4.69, 9.17) is 27.9 Å². The Morgan fingerprint density at radius 2 is 2.12 bits per heavy atom. The van der Waals surface area contributed by atoms with Crippen molar-refractivity contribution >= 4 is 29.2 Å². The Morgan fingerprint density at radius 1 is 1.36 bits per heavy atom. The topological polar surface area (TPSA) is 65.9 Å². The normalized spacial score (nSPS) is 17.2. The lowest BCUT2D eigenvalue weighted by Gasteiger charge is -2.19. The van der Waals surface area contributed by atoms with Gasteiger partial charge in [-0.05, 0) is 50.3 Å². The summed E-state index contributed by atoms with van der Waals surface area (Å²) in [5.74, 6) is 1.34. The maximum absolute atomic E-state index is 10.00. The number of aliphatic hydroxyl groups excluding tert-OH is 1. The van der Waals surface area contributed by atoms with Gasteiger partial charge in [0.25, 0.3) is 0 Å². The summed E-state index contributed by atoms with van der Waals surface area (Å²) in [4.78, 5) is 4.44. The Morgan fingerprint density at radius 3 is 2.76 bits per heavy atom. The largest absolute Gasteiger partial charge is 0.389 e. The third-order valence-electron chi connectivity index (χ3n) is 3.96. The molecular formula is C18H27Cl2N3O2. The van der Waals surface area contributed by atoms with Crippen molar-refractivity contribution in [2.45, 2.75) is 38.8 Å². The molecule has 7 heteroatoms. The van der Waals surface area contributed by atoms with Crippen molar-refractivity contribution in [1.29, 1.82) is 0 Å². The molecule has 2 rings (SSSR count). The molecule has 1 aliphatic carbocycles. The average Bonchev–Trinajstić information content (AvgIpc) is 3.39. The first-order valence-corrected chi connectivity index (χ1v) is 9.50. The summed E-state index contributed by atoms with van der Waals surface area (Å²) < 4.78 is 5.50. The van der Waals surface area contributed by atoms with Gasteiger partial charge in [-0.2, -0.15) is 0 Å². The molecule has 2 atom stereocenters. The second kappa shape index (κ2) is 10.2. The molecule has 0 aliphatic heterocycles. The highest BCUT2D eigenvalue weighted by atomic mass is 35.5. The second-order valence-corrected chi connectivity index (χ2v) is 7.21. The molecule has 0 amide bonds. The standard InChI is InChI=1S/C18H27Cl2N3O2/c1-3-21-18(22-9-15(24)11-25-10-13-4-5-13)23-12(2)14-6-7-16(19)17(20)8-14/h6-8,12-13,15,24H,3-5,9-11H2,1-2H3,(H2,21,22,23). The zero-order valence-corrected chi connectivity index (χ0v) is 16.3. The van der Waals surface area contributed by atoms with Crippen LogP contribution < -0.4 is 10.6 Å². The lowest BCUT2D eigenvalue weighted by Crippen LogP contribution is -2.39. The fourth-order valence-electron chi connectivity index (χ4n) is 2.29. The summed E-state index contributed by atoms with van der Waals surface area (Å²) >= 11 is 12.0. The third-order valence-corrected chi connectivity index (χ3v) is 4.70. The molecule has 1 aromatic carbocycles. The van der Waals surface area contributed by atoms with E-state index in [2.05, 4.69) is 15.6 Å². The van der Waals surface area contributed by atoms with Gasteiger partial charge in [0.1, 0.15) is 0 Å². The summed E-state index contributed by atoms with van der Waals surface area (Å²) in [5.41, 5.74) is 1.01. The third kappa shape index (κ3) is 7.40. The molecule has 25 heavy (non-hydrogen) atoms. The predicted molar refractivity (Wildman–Crippen MR) is 104 cm³/mol. The molecule has 0 saturated heterocycles. The highest BCUT2D eigenvalue weighted by molar-refractivity contribution is 6.42. The summed E-state index contributed by atoms with van der Waals surface area (Å²) in [6, 6.07) is 5.54. The van der Waals surface area contributed by atoms with Gasteiger partial charge in [0.2, 0.25) is 0 Å². The number of halogens is 2. The van der Waals surface area contributed by atoms with E-state index in [0.29, 0.717) is 28.5 Å². The van der Waals surface area contributed by atoms with E-state index in [1.807, 2.05) is 26.0 Å². The minimum absolute atomic E-state index is 0.00386. The number of nitrogens with one attached hydrogen (secondary N) is 2. The molecule has 1 aliphatic rings. The van der Waals surface area contributed by atoms with E-state index < -0.39 is 6.10 Å². The van der Waals surface area contributed by atoms with Gasteiger partial charge in [-0.1, -0.05) is 29.3 Å². The van der Waals surface area contributed by atoms with Gasteiger partial charge < -0.3 is 20.5 Å². The SMILES string of the molecule is CCNC(=NCC(O)COCC1CC1)NC(C)c1ccc(Cl)c(Cl)c1. The summed E-state index contributed by atoms with van der Waals surface area (Å²) in [6.07, 6.45) is 1.89. The first-order valence-electron chi connectivity index (χ1n) is 8.75. The van der Waals surface area contributed by atoms with Crippen LogP contribution in [0.5, 0.6) is 0 Å². The lowest BCUT2D eigenvalue weighted by molar-refractivity contribution is 0.0368. The zero-order chi connectivity index (χ0) is 18.2. The molecule has 1 fully saturated rings. The van der Waals surface area contributed by atoms with Gasteiger partial charge in [-0.3, -0.25) is 4.99 Å². The molecule has 0 bridgehead atoms. The molecular weight excluding hydrogens is 361 g/mol. The first-order chi connectivity index (χ1) is 12.0. The summed E-state index contributed by atoms with van der Waals surface area (Å²) in [6.45, 7) is 6.09. The highest BCUT2D eigenvalue weighted by Crippen LogP contribution is 2.28. The number of aliphatic hydroxyl groups is 1. The molecule has 3 N–H and O–H groups in total. The Bertz CT molecular complexity index is 579. The molecule has 0 spiro atoms. The van der Waals surface area contributed by atoms with Crippen LogP contribution in [0.3, 0.4) is 0 Å². The van der Waals surface area contributed by atoms with E-state index in [9.17, 15) is 5.11 Å². The van der Waals surface area contributed by atoms with Gasteiger partial charge in [0.15, 0.2) is 5.96 Å². The Balaban J connectivity index is 1.85. The molecule has 2 unspecified atom stereocenters. The molecule has 5 nitrogen and oxygen atoms in total. The van der Waals surface area contributed by atoms with Crippen LogP contribution in [-0.2, 0) is 4.74 Å². The van der Waals surface area contributed by atoms with Crippen LogP contribution >= 0.6 is 23.2 Å². The van der Waals surface area contributed by atoms with Crippen molar-refractivity contribution in [3.05, 3.63) is 33.8 Å². The number of guanidine groups is 1. The minimum atomic E-state index is -0.602. The number of benzene rings is 1. The van der Waals surface area contributed by atoms with Crippen LogP contribution in [0.25, 0.3) is 0 Å². The molecule has 0 radical (unpaired) electrons. The average molecular weight is 388 g/mol. The van der Waals surface area contributed by atoms with Gasteiger partial charge in [-0.15, -0.1) is 0 Å². The van der Waals surface area contributed by atoms with Gasteiger partial charge in [0.05, 0.1) is 35.3 Å². The van der Waals surface area contributed by atoms with E-state index in [-0.39, 0.29) is 12.6 Å². The quantitative estimate of drug-likeness (QED) is 0.448. The summed E-state index contributed by atoms with van der Waals surface area (Å²) in [5, 5.41) is 17.5. The number of aliphatic imine (C=N–C) groups is 1. The fraction of sp³-hybridized carbons (Fsp3) is 0.611. The van der Waals surface area contributed by atoms with Crippen molar-refractivity contribution in [3.8, 4) is 0 Å². The zero-order valence-electron chi connectivity index (χ0n) is 14.8.